The van der Waals surface area contributed by atoms with Crippen molar-refractivity contribution in [1.82, 2.24) is 9.97 Å². The summed E-state index contributed by atoms with van der Waals surface area (Å²) in [4.78, 5) is 8.89. The molecule has 0 aromatic carbocycles. The van der Waals surface area contributed by atoms with Crippen LogP contribution in [0.4, 0.5) is 5.13 Å². The fraction of sp³-hybridized carbons (Fsp3) is 0.364. The van der Waals surface area contributed by atoms with Crippen LogP contribution in [0.1, 0.15) is 45.3 Å². The van der Waals surface area contributed by atoms with Gasteiger partial charge in [0, 0.05) is 36.6 Å². The van der Waals surface area contributed by atoms with Gasteiger partial charge in [0.2, 0.25) is 0 Å². The minimum Gasteiger partial charge on any atom is -0.314 e. The number of allylic oxidation sites excluding steroid dienone is 3. The van der Waals surface area contributed by atoms with Gasteiger partial charge in [-0.3, -0.25) is 4.98 Å². The molecule has 3 unspecified atom stereocenters. The van der Waals surface area contributed by atoms with E-state index in [9.17, 15) is 0 Å². The Bertz CT molecular complexity index is 1020. The van der Waals surface area contributed by atoms with E-state index in [0.717, 1.165) is 35.9 Å². The summed E-state index contributed by atoms with van der Waals surface area (Å²) in [5.74, 6) is 1.30. The second-order valence-corrected chi connectivity index (χ2v) is 8.76. The number of thiazole rings is 1. The molecule has 5 rings (SSSR count). The van der Waals surface area contributed by atoms with Gasteiger partial charge in [-0.1, -0.05) is 38.2 Å². The summed E-state index contributed by atoms with van der Waals surface area (Å²) < 4.78 is 0. The molecule has 3 atom stereocenters. The van der Waals surface area contributed by atoms with Gasteiger partial charge < -0.3 is 5.32 Å². The van der Waals surface area contributed by atoms with Gasteiger partial charge in [0.1, 0.15) is 5.54 Å². The normalized spacial score (nSPS) is 28.1. The lowest BCUT2D eigenvalue weighted by Gasteiger charge is -2.27. The predicted molar refractivity (Wildman–Crippen MR) is 114 cm³/mol. The second kappa shape index (κ2) is 6.48. The number of pyridine rings is 1. The van der Waals surface area contributed by atoms with Crippen LogP contribution < -0.4 is 5.32 Å². The lowest BCUT2D eigenvalue weighted by atomic mass is 9.83. The number of hydrogen-bond donors (Lipinski definition) is 1. The van der Waals surface area contributed by atoms with Crippen molar-refractivity contribution in [2.24, 2.45) is 15.6 Å². The van der Waals surface area contributed by atoms with E-state index in [1.54, 1.807) is 11.3 Å². The third-order valence-electron chi connectivity index (χ3n) is 6.22. The monoisotopic (exact) mass is 391 g/mol. The first-order valence-electron chi connectivity index (χ1n) is 9.81. The first kappa shape index (κ1) is 17.5. The molecule has 5 nitrogen and oxygen atoms in total. The van der Waals surface area contributed by atoms with Crippen molar-refractivity contribution in [1.29, 1.82) is 0 Å². The summed E-state index contributed by atoms with van der Waals surface area (Å²) in [5, 5.41) is 15.9. The quantitative estimate of drug-likeness (QED) is 0.668. The van der Waals surface area contributed by atoms with Gasteiger partial charge in [-0.2, -0.15) is 5.11 Å². The smallest absolute Gasteiger partial charge is 0.188 e. The molecule has 3 aliphatic rings. The number of rotatable bonds is 6. The summed E-state index contributed by atoms with van der Waals surface area (Å²) in [6, 6.07) is 4.14. The van der Waals surface area contributed by atoms with E-state index in [1.807, 2.05) is 12.4 Å². The van der Waals surface area contributed by atoms with Crippen LogP contribution in [0.2, 0.25) is 0 Å². The molecule has 0 amide bonds. The van der Waals surface area contributed by atoms with Crippen LogP contribution in [-0.2, 0) is 6.42 Å². The molecule has 1 N–H and O–H groups in total. The number of nitrogens with one attached hydrogen (secondary N) is 1. The van der Waals surface area contributed by atoms with E-state index < -0.39 is 0 Å². The number of nitrogens with zero attached hydrogens (tertiary/aromatic N) is 4. The average Bonchev–Trinajstić information content (AvgIpc) is 3.11. The van der Waals surface area contributed by atoms with E-state index in [1.165, 1.54) is 11.1 Å². The first-order valence-corrected chi connectivity index (χ1v) is 10.7. The third kappa shape index (κ3) is 2.66. The van der Waals surface area contributed by atoms with Gasteiger partial charge in [0.15, 0.2) is 11.0 Å². The van der Waals surface area contributed by atoms with Crippen LogP contribution in [0.5, 0.6) is 0 Å². The highest BCUT2D eigenvalue weighted by Gasteiger charge is 2.70. The number of aromatic nitrogens is 2. The maximum absolute atomic E-state index is 4.82. The molecule has 0 bridgehead atoms. The van der Waals surface area contributed by atoms with Gasteiger partial charge >= 0.3 is 0 Å². The predicted octanol–water partition coefficient (Wildman–Crippen LogP) is 5.88. The molecule has 2 aliphatic carbocycles. The average molecular weight is 392 g/mol. The minimum absolute atomic E-state index is 0. The summed E-state index contributed by atoms with van der Waals surface area (Å²) in [5.41, 5.74) is 3.37. The van der Waals surface area contributed by atoms with E-state index >= 15 is 0 Å². The lowest BCUT2D eigenvalue weighted by Crippen LogP contribution is -2.26. The minimum atomic E-state index is -0.180. The van der Waals surface area contributed by atoms with E-state index in [2.05, 4.69) is 71.1 Å². The first-order chi connectivity index (χ1) is 13.7. The van der Waals surface area contributed by atoms with Crippen LogP contribution in [0.3, 0.4) is 0 Å². The van der Waals surface area contributed by atoms with Crippen LogP contribution in [0, 0.1) is 5.41 Å². The van der Waals surface area contributed by atoms with Crippen molar-refractivity contribution < 1.29 is 1.43 Å². The Morgan fingerprint density at radius 3 is 2.96 bits per heavy atom. The molecule has 28 heavy (non-hydrogen) atoms. The van der Waals surface area contributed by atoms with Gasteiger partial charge in [0.05, 0.1) is 5.69 Å². The van der Waals surface area contributed by atoms with Crippen molar-refractivity contribution in [2.45, 2.75) is 44.6 Å². The molecule has 144 valence electrons. The largest absolute Gasteiger partial charge is 0.314 e. The maximum Gasteiger partial charge on any atom is 0.188 e. The topological polar surface area (TPSA) is 62.5 Å². The van der Waals surface area contributed by atoms with E-state index in [-0.39, 0.29) is 12.4 Å². The molecule has 2 aromatic heterocycles. The van der Waals surface area contributed by atoms with Crippen LogP contribution in [0.25, 0.3) is 0 Å². The molecule has 1 spiro atoms. The van der Waals surface area contributed by atoms with E-state index in [4.69, 9.17) is 10.1 Å². The Kier molecular flexibility index (Phi) is 4.05. The Balaban J connectivity index is 0.00000205. The van der Waals surface area contributed by atoms with Crippen LogP contribution >= 0.6 is 11.3 Å². The zero-order valence-corrected chi connectivity index (χ0v) is 16.9. The fourth-order valence-electron chi connectivity index (χ4n) is 4.27. The number of hydrogen-bond acceptors (Lipinski definition) is 6. The van der Waals surface area contributed by atoms with Gasteiger partial charge in [-0.15, -0.1) is 16.5 Å². The van der Waals surface area contributed by atoms with Gasteiger partial charge in [-0.05, 0) is 36.5 Å². The molecule has 3 heterocycles. The summed E-state index contributed by atoms with van der Waals surface area (Å²) >= 11 is 1.63. The molecule has 1 saturated carbocycles. The van der Waals surface area contributed by atoms with Crippen molar-refractivity contribution in [2.75, 3.05) is 5.32 Å². The van der Waals surface area contributed by atoms with Crippen molar-refractivity contribution in [3.05, 3.63) is 76.9 Å². The Morgan fingerprint density at radius 2 is 2.14 bits per heavy atom. The third-order valence-corrected chi connectivity index (χ3v) is 7.00. The standard InChI is InChI=1S/C22H23N5S.H2/c1-3-15(2)18-13-28-20(24-18)25-19-17-6-4-5-9-21(17)14-22(21,27-26-19)12-16-7-10-23-11-8-16;/h4-11,13,15H,3,12,14H2,1-2H3,(H,24,25);1H. The zero-order valence-electron chi connectivity index (χ0n) is 16.1. The highest BCUT2D eigenvalue weighted by atomic mass is 32.1. The Hall–Kier alpha value is -2.60. The van der Waals surface area contributed by atoms with Crippen LogP contribution in [0.15, 0.2) is 75.8 Å². The molecule has 1 aliphatic heterocycles. The fourth-order valence-corrected chi connectivity index (χ4v) is 5.10. The SMILES string of the molecule is CCC(C)c1csc(NC2=C3C=CC=CC34CC4(Cc3ccncc3)N=N2)n1.[HH]. The summed E-state index contributed by atoms with van der Waals surface area (Å²) in [7, 11) is 0. The molecular weight excluding hydrogens is 366 g/mol. The summed E-state index contributed by atoms with van der Waals surface area (Å²) in [6.45, 7) is 4.40. The second-order valence-electron chi connectivity index (χ2n) is 7.90. The van der Waals surface area contributed by atoms with Crippen LogP contribution in [-0.4, -0.2) is 15.5 Å². The molecule has 6 heteroatoms. The highest BCUT2D eigenvalue weighted by Crippen LogP contribution is 2.69. The number of anilines is 1. The lowest BCUT2D eigenvalue weighted by molar-refractivity contribution is 0.514. The van der Waals surface area contributed by atoms with Crippen molar-refractivity contribution >= 4 is 16.5 Å². The Labute approximate surface area is 170 Å². The molecule has 2 aromatic rings. The van der Waals surface area contributed by atoms with Gasteiger partial charge in [0.25, 0.3) is 0 Å². The number of azo groups is 1. The molecule has 0 saturated heterocycles. The van der Waals surface area contributed by atoms with E-state index in [0.29, 0.717) is 5.92 Å². The van der Waals surface area contributed by atoms with Gasteiger partial charge in [-0.25, -0.2) is 4.98 Å². The van der Waals surface area contributed by atoms with Crippen molar-refractivity contribution in [3.8, 4) is 0 Å². The summed E-state index contributed by atoms with van der Waals surface area (Å²) in [6.07, 6.45) is 15.4. The molecule has 1 fully saturated rings. The molecule has 0 radical (unpaired) electrons. The van der Waals surface area contributed by atoms with Crippen molar-refractivity contribution in [3.63, 3.8) is 0 Å². The maximum atomic E-state index is 4.82. The zero-order chi connectivity index (χ0) is 19.2. The highest BCUT2D eigenvalue weighted by molar-refractivity contribution is 7.13. The molecular formula is C22H25N5S. The Morgan fingerprint density at radius 1 is 1.29 bits per heavy atom.